The van der Waals surface area contributed by atoms with Gasteiger partial charge in [-0.15, -0.1) is 0 Å². The number of aromatic nitrogens is 1. The van der Waals surface area contributed by atoms with Crippen LogP contribution in [0.3, 0.4) is 0 Å². The van der Waals surface area contributed by atoms with Crippen molar-refractivity contribution in [1.82, 2.24) is 9.88 Å². The third-order valence-corrected chi connectivity index (χ3v) is 2.63. The SMILES string of the molecule is Cc1cc(N(C)CCCN(C)C)ncc1N. The first-order valence-corrected chi connectivity index (χ1v) is 5.58. The summed E-state index contributed by atoms with van der Waals surface area (Å²) in [4.78, 5) is 8.68. The van der Waals surface area contributed by atoms with Crippen molar-refractivity contribution in [2.24, 2.45) is 0 Å². The molecule has 1 rings (SSSR count). The molecule has 0 unspecified atom stereocenters. The van der Waals surface area contributed by atoms with E-state index in [0.717, 1.165) is 36.6 Å². The molecule has 0 amide bonds. The summed E-state index contributed by atoms with van der Waals surface area (Å²) in [5, 5.41) is 0. The Morgan fingerprint density at radius 3 is 2.50 bits per heavy atom. The Morgan fingerprint density at radius 1 is 1.25 bits per heavy atom. The largest absolute Gasteiger partial charge is 0.397 e. The third-order valence-electron chi connectivity index (χ3n) is 2.63. The maximum atomic E-state index is 5.74. The Balaban J connectivity index is 2.52. The van der Waals surface area contributed by atoms with E-state index in [2.05, 4.69) is 35.9 Å². The predicted molar refractivity (Wildman–Crippen MR) is 69.8 cm³/mol. The average molecular weight is 222 g/mol. The molecule has 0 aliphatic carbocycles. The van der Waals surface area contributed by atoms with Crippen LogP contribution in [-0.4, -0.2) is 44.1 Å². The average Bonchev–Trinajstić information content (AvgIpc) is 2.21. The van der Waals surface area contributed by atoms with Crippen LogP contribution in [0, 0.1) is 6.92 Å². The Hall–Kier alpha value is -1.29. The number of nitrogens with two attached hydrogens (primary N) is 1. The van der Waals surface area contributed by atoms with Gasteiger partial charge in [-0.2, -0.15) is 0 Å². The lowest BCUT2D eigenvalue weighted by molar-refractivity contribution is 0.401. The van der Waals surface area contributed by atoms with Crippen LogP contribution in [0.1, 0.15) is 12.0 Å². The van der Waals surface area contributed by atoms with Gasteiger partial charge in [0.25, 0.3) is 0 Å². The molecule has 1 heterocycles. The lowest BCUT2D eigenvalue weighted by Crippen LogP contribution is -2.24. The van der Waals surface area contributed by atoms with E-state index in [4.69, 9.17) is 5.73 Å². The van der Waals surface area contributed by atoms with Crippen LogP contribution in [0.5, 0.6) is 0 Å². The van der Waals surface area contributed by atoms with Gasteiger partial charge in [-0.05, 0) is 45.6 Å². The molecule has 0 spiro atoms. The molecule has 90 valence electrons. The van der Waals surface area contributed by atoms with Crippen molar-refractivity contribution < 1.29 is 0 Å². The van der Waals surface area contributed by atoms with E-state index in [9.17, 15) is 0 Å². The number of hydrogen-bond donors (Lipinski definition) is 1. The number of nitrogen functional groups attached to an aromatic ring is 1. The highest BCUT2D eigenvalue weighted by molar-refractivity contribution is 5.51. The zero-order valence-corrected chi connectivity index (χ0v) is 10.7. The molecule has 0 saturated heterocycles. The highest BCUT2D eigenvalue weighted by Crippen LogP contribution is 2.15. The topological polar surface area (TPSA) is 45.4 Å². The maximum Gasteiger partial charge on any atom is 0.128 e. The molecule has 0 fully saturated rings. The van der Waals surface area contributed by atoms with E-state index >= 15 is 0 Å². The molecule has 0 saturated carbocycles. The maximum absolute atomic E-state index is 5.74. The molecule has 0 aliphatic heterocycles. The zero-order valence-electron chi connectivity index (χ0n) is 10.7. The smallest absolute Gasteiger partial charge is 0.128 e. The van der Waals surface area contributed by atoms with E-state index in [1.165, 1.54) is 0 Å². The fourth-order valence-electron chi connectivity index (χ4n) is 1.50. The minimum absolute atomic E-state index is 0.755. The molecule has 16 heavy (non-hydrogen) atoms. The summed E-state index contributed by atoms with van der Waals surface area (Å²) in [6, 6.07) is 2.03. The van der Waals surface area contributed by atoms with Crippen LogP contribution in [0.2, 0.25) is 0 Å². The third kappa shape index (κ3) is 3.70. The van der Waals surface area contributed by atoms with Gasteiger partial charge >= 0.3 is 0 Å². The summed E-state index contributed by atoms with van der Waals surface area (Å²) in [6.07, 6.45) is 2.86. The number of hydrogen-bond acceptors (Lipinski definition) is 4. The minimum atomic E-state index is 0.755. The van der Waals surface area contributed by atoms with Crippen molar-refractivity contribution in [3.8, 4) is 0 Å². The molecule has 4 heteroatoms. The van der Waals surface area contributed by atoms with Gasteiger partial charge < -0.3 is 15.5 Å². The van der Waals surface area contributed by atoms with Gasteiger partial charge in [0, 0.05) is 13.6 Å². The summed E-state index contributed by atoms with van der Waals surface area (Å²) in [5.41, 5.74) is 7.58. The van der Waals surface area contributed by atoms with Crippen molar-refractivity contribution in [3.63, 3.8) is 0 Å². The fourth-order valence-corrected chi connectivity index (χ4v) is 1.50. The van der Waals surface area contributed by atoms with Crippen LogP contribution in [0.15, 0.2) is 12.3 Å². The van der Waals surface area contributed by atoms with Gasteiger partial charge in [0.15, 0.2) is 0 Å². The summed E-state index contributed by atoms with van der Waals surface area (Å²) >= 11 is 0. The Morgan fingerprint density at radius 2 is 1.94 bits per heavy atom. The highest BCUT2D eigenvalue weighted by atomic mass is 15.2. The molecule has 0 aromatic carbocycles. The van der Waals surface area contributed by atoms with Gasteiger partial charge in [0.1, 0.15) is 5.82 Å². The lowest BCUT2D eigenvalue weighted by Gasteiger charge is -2.20. The van der Waals surface area contributed by atoms with Crippen molar-refractivity contribution in [3.05, 3.63) is 17.8 Å². The fraction of sp³-hybridized carbons (Fsp3) is 0.583. The zero-order chi connectivity index (χ0) is 12.1. The summed E-state index contributed by atoms with van der Waals surface area (Å²) < 4.78 is 0. The van der Waals surface area contributed by atoms with E-state index in [1.807, 2.05) is 13.0 Å². The van der Waals surface area contributed by atoms with Gasteiger partial charge in [-0.25, -0.2) is 4.98 Å². The van der Waals surface area contributed by atoms with Gasteiger partial charge in [0.05, 0.1) is 11.9 Å². The Kier molecular flexibility index (Phi) is 4.55. The first-order chi connectivity index (χ1) is 7.50. The Labute approximate surface area is 98.1 Å². The first-order valence-electron chi connectivity index (χ1n) is 5.58. The second-order valence-electron chi connectivity index (χ2n) is 4.48. The van der Waals surface area contributed by atoms with Crippen LogP contribution in [-0.2, 0) is 0 Å². The number of rotatable bonds is 5. The van der Waals surface area contributed by atoms with Crippen LogP contribution in [0.4, 0.5) is 11.5 Å². The highest BCUT2D eigenvalue weighted by Gasteiger charge is 2.04. The van der Waals surface area contributed by atoms with Gasteiger partial charge in [-0.3, -0.25) is 0 Å². The van der Waals surface area contributed by atoms with Crippen LogP contribution in [0.25, 0.3) is 0 Å². The summed E-state index contributed by atoms with van der Waals surface area (Å²) in [6.45, 7) is 4.11. The van der Waals surface area contributed by atoms with Gasteiger partial charge in [-0.1, -0.05) is 0 Å². The second-order valence-corrected chi connectivity index (χ2v) is 4.48. The standard InChI is InChI=1S/C12H22N4/c1-10-8-12(14-9-11(10)13)16(4)7-5-6-15(2)3/h8-9H,5-7,13H2,1-4H3. The van der Waals surface area contributed by atoms with E-state index in [-0.39, 0.29) is 0 Å². The Bertz CT molecular complexity index is 336. The van der Waals surface area contributed by atoms with E-state index in [1.54, 1.807) is 6.20 Å². The molecule has 0 bridgehead atoms. The number of anilines is 2. The molecular formula is C12H22N4. The molecule has 1 aromatic rings. The second kappa shape index (κ2) is 5.70. The molecule has 2 N–H and O–H groups in total. The van der Waals surface area contributed by atoms with Crippen molar-refractivity contribution in [1.29, 1.82) is 0 Å². The summed E-state index contributed by atoms with van der Waals surface area (Å²) in [5.74, 6) is 0.991. The van der Waals surface area contributed by atoms with Crippen molar-refractivity contribution >= 4 is 11.5 Å². The monoisotopic (exact) mass is 222 g/mol. The first kappa shape index (κ1) is 12.8. The normalized spacial score (nSPS) is 10.8. The number of pyridine rings is 1. The molecular weight excluding hydrogens is 200 g/mol. The van der Waals surface area contributed by atoms with Crippen LogP contribution >= 0.6 is 0 Å². The van der Waals surface area contributed by atoms with Crippen LogP contribution < -0.4 is 10.6 Å². The molecule has 1 aromatic heterocycles. The summed E-state index contributed by atoms with van der Waals surface area (Å²) in [7, 11) is 6.24. The molecule has 4 nitrogen and oxygen atoms in total. The van der Waals surface area contributed by atoms with E-state index < -0.39 is 0 Å². The predicted octanol–water partition coefficient (Wildman–Crippen LogP) is 1.36. The van der Waals surface area contributed by atoms with Crippen molar-refractivity contribution in [2.75, 3.05) is 44.9 Å². The lowest BCUT2D eigenvalue weighted by atomic mass is 10.2. The quantitative estimate of drug-likeness (QED) is 0.817. The minimum Gasteiger partial charge on any atom is -0.397 e. The number of aryl methyl sites for hydroxylation is 1. The molecule has 0 aliphatic rings. The number of nitrogens with zero attached hydrogens (tertiary/aromatic N) is 3. The van der Waals surface area contributed by atoms with Crippen molar-refractivity contribution in [2.45, 2.75) is 13.3 Å². The molecule has 0 radical (unpaired) electrons. The van der Waals surface area contributed by atoms with Gasteiger partial charge in [0.2, 0.25) is 0 Å². The van der Waals surface area contributed by atoms with E-state index in [0.29, 0.717) is 0 Å². The molecule has 0 atom stereocenters.